The summed E-state index contributed by atoms with van der Waals surface area (Å²) in [5.74, 6) is -3.90. The van der Waals surface area contributed by atoms with Crippen LogP contribution in [0.1, 0.15) is 27.9 Å². The minimum Gasteiger partial charge on any atom is -0.473 e. The lowest BCUT2D eigenvalue weighted by Crippen LogP contribution is -2.41. The van der Waals surface area contributed by atoms with Crippen molar-refractivity contribution in [3.63, 3.8) is 0 Å². The maximum absolute atomic E-state index is 13.1. The molecule has 0 aromatic heterocycles. The quantitative estimate of drug-likeness (QED) is 0.435. The van der Waals surface area contributed by atoms with Crippen LogP contribution in [-0.4, -0.2) is 53.7 Å². The summed E-state index contributed by atoms with van der Waals surface area (Å²) in [5.41, 5.74) is 2.05. The molecule has 0 fully saturated rings. The van der Waals surface area contributed by atoms with Crippen molar-refractivity contribution in [2.45, 2.75) is 18.4 Å². The van der Waals surface area contributed by atoms with E-state index in [-0.39, 0.29) is 5.97 Å². The van der Waals surface area contributed by atoms with Crippen molar-refractivity contribution in [2.75, 3.05) is 20.6 Å². The van der Waals surface area contributed by atoms with E-state index in [0.717, 1.165) is 34.9 Å². The average Bonchev–Trinajstić information content (AvgIpc) is 2.78. The Bertz CT molecular complexity index is 1180. The molecule has 8 heteroatoms. The molecule has 0 saturated heterocycles. The molecule has 1 aliphatic heterocycles. The highest BCUT2D eigenvalue weighted by atomic mass is 35.5. The molecular weight excluding hydrogens is 446 g/mol. The van der Waals surface area contributed by atoms with Gasteiger partial charge in [-0.3, -0.25) is 0 Å². The second-order valence-corrected chi connectivity index (χ2v) is 8.49. The van der Waals surface area contributed by atoms with Crippen molar-refractivity contribution >= 4 is 40.3 Å². The number of cyclic esters (lactones) is 1. The fourth-order valence-electron chi connectivity index (χ4n) is 3.88. The van der Waals surface area contributed by atoms with Gasteiger partial charge in [0.15, 0.2) is 0 Å². The SMILES string of the molecule is CN(C)CCC1(c2ccc(Cl)cc2)Cc2ccc3ccccc3c2C(=O)O1.O=C(O)C(=O)O. The lowest BCUT2D eigenvalue weighted by molar-refractivity contribution is -0.159. The summed E-state index contributed by atoms with van der Waals surface area (Å²) in [6, 6.07) is 19.8. The molecule has 0 radical (unpaired) electrons. The lowest BCUT2D eigenvalue weighted by atomic mass is 9.80. The van der Waals surface area contributed by atoms with Crippen molar-refractivity contribution in [1.29, 1.82) is 0 Å². The van der Waals surface area contributed by atoms with Crippen molar-refractivity contribution in [3.8, 4) is 0 Å². The number of benzene rings is 3. The van der Waals surface area contributed by atoms with Gasteiger partial charge in [-0.25, -0.2) is 14.4 Å². The average molecular weight is 470 g/mol. The maximum atomic E-state index is 13.1. The van der Waals surface area contributed by atoms with E-state index < -0.39 is 17.5 Å². The van der Waals surface area contributed by atoms with Crippen LogP contribution < -0.4 is 0 Å². The van der Waals surface area contributed by atoms with Gasteiger partial charge in [0.05, 0.1) is 5.56 Å². The van der Waals surface area contributed by atoms with Gasteiger partial charge in [-0.1, -0.05) is 60.1 Å². The minimum atomic E-state index is -1.82. The molecule has 0 aliphatic carbocycles. The summed E-state index contributed by atoms with van der Waals surface area (Å²) in [7, 11) is 4.06. The number of rotatable bonds is 4. The Morgan fingerprint density at radius 1 is 1.00 bits per heavy atom. The molecule has 4 rings (SSSR count). The Morgan fingerprint density at radius 3 is 2.24 bits per heavy atom. The van der Waals surface area contributed by atoms with E-state index in [9.17, 15) is 4.79 Å². The van der Waals surface area contributed by atoms with Gasteiger partial charge in [-0.15, -0.1) is 0 Å². The van der Waals surface area contributed by atoms with Crippen LogP contribution in [0.3, 0.4) is 0 Å². The number of hydrogen-bond donors (Lipinski definition) is 2. The number of fused-ring (bicyclic) bond motifs is 3. The van der Waals surface area contributed by atoms with Crippen LogP contribution in [0.15, 0.2) is 60.7 Å². The second kappa shape index (κ2) is 10.0. The zero-order chi connectivity index (χ0) is 24.2. The number of aliphatic carboxylic acids is 2. The number of nitrogens with zero attached hydrogens (tertiary/aromatic N) is 1. The summed E-state index contributed by atoms with van der Waals surface area (Å²) < 4.78 is 6.18. The standard InChI is InChI=1S/C23H22ClNO2.C2H2O4/c1-25(2)14-13-23(18-9-11-19(24)12-10-18)15-17-8-7-16-5-3-4-6-20(16)21(17)22(26)27-23;3-1(4)2(5)6/h3-12H,13-15H2,1-2H3;(H,3,4)(H,5,6). The highest BCUT2D eigenvalue weighted by Gasteiger charge is 2.42. The van der Waals surface area contributed by atoms with Crippen LogP contribution in [0, 0.1) is 0 Å². The zero-order valence-electron chi connectivity index (χ0n) is 18.2. The van der Waals surface area contributed by atoms with Crippen LogP contribution in [0.5, 0.6) is 0 Å². The highest BCUT2D eigenvalue weighted by molar-refractivity contribution is 6.30. The first-order valence-corrected chi connectivity index (χ1v) is 10.6. The van der Waals surface area contributed by atoms with E-state index in [1.165, 1.54) is 0 Å². The van der Waals surface area contributed by atoms with E-state index in [2.05, 4.69) is 17.0 Å². The molecule has 0 bridgehead atoms. The largest absolute Gasteiger partial charge is 0.473 e. The molecule has 1 aliphatic rings. The third-order valence-corrected chi connectivity index (χ3v) is 5.75. The fourth-order valence-corrected chi connectivity index (χ4v) is 4.01. The van der Waals surface area contributed by atoms with Crippen LogP contribution in [0.4, 0.5) is 0 Å². The highest BCUT2D eigenvalue weighted by Crippen LogP contribution is 2.41. The van der Waals surface area contributed by atoms with E-state index in [1.54, 1.807) is 0 Å². The number of carbonyl (C=O) groups is 3. The van der Waals surface area contributed by atoms with Gasteiger partial charge in [0.1, 0.15) is 5.60 Å². The number of ether oxygens (including phenoxy) is 1. The first-order valence-electron chi connectivity index (χ1n) is 10.2. The summed E-state index contributed by atoms with van der Waals surface area (Å²) in [5, 5.41) is 17.5. The minimum absolute atomic E-state index is 0.248. The van der Waals surface area contributed by atoms with Crippen molar-refractivity contribution in [1.82, 2.24) is 4.90 Å². The zero-order valence-corrected chi connectivity index (χ0v) is 19.0. The summed E-state index contributed by atoms with van der Waals surface area (Å²) in [6.07, 6.45) is 1.38. The number of carboxylic acids is 2. The topological polar surface area (TPSA) is 104 Å². The molecule has 0 amide bonds. The molecule has 0 spiro atoms. The molecular formula is C25H24ClNO6. The van der Waals surface area contributed by atoms with Crippen LogP contribution >= 0.6 is 11.6 Å². The third kappa shape index (κ3) is 5.50. The smallest absolute Gasteiger partial charge is 0.414 e. The lowest BCUT2D eigenvalue weighted by Gasteiger charge is -2.39. The molecule has 7 nitrogen and oxygen atoms in total. The molecule has 2 N–H and O–H groups in total. The van der Waals surface area contributed by atoms with Gasteiger partial charge in [0.25, 0.3) is 0 Å². The Morgan fingerprint density at radius 2 is 1.64 bits per heavy atom. The second-order valence-electron chi connectivity index (χ2n) is 8.05. The molecule has 172 valence electrons. The van der Waals surface area contributed by atoms with E-state index in [1.807, 2.05) is 62.6 Å². The van der Waals surface area contributed by atoms with Crippen molar-refractivity contribution in [3.05, 3.63) is 82.4 Å². The summed E-state index contributed by atoms with van der Waals surface area (Å²) >= 11 is 6.08. The van der Waals surface area contributed by atoms with Crippen molar-refractivity contribution < 1.29 is 29.3 Å². The monoisotopic (exact) mass is 469 g/mol. The van der Waals surface area contributed by atoms with Gasteiger partial charge < -0.3 is 19.8 Å². The van der Waals surface area contributed by atoms with Gasteiger partial charge in [-0.2, -0.15) is 0 Å². The van der Waals surface area contributed by atoms with Crippen molar-refractivity contribution in [2.24, 2.45) is 0 Å². The van der Waals surface area contributed by atoms with Crippen LogP contribution in [0.2, 0.25) is 5.02 Å². The molecule has 3 aromatic rings. The summed E-state index contributed by atoms with van der Waals surface area (Å²) in [4.78, 5) is 33.4. The number of hydrogen-bond acceptors (Lipinski definition) is 5. The van der Waals surface area contributed by atoms with E-state index in [4.69, 9.17) is 36.1 Å². The summed E-state index contributed by atoms with van der Waals surface area (Å²) in [6.45, 7) is 0.818. The number of halogens is 1. The van der Waals surface area contributed by atoms with Gasteiger partial charge >= 0.3 is 17.9 Å². The Labute approximate surface area is 196 Å². The van der Waals surface area contributed by atoms with E-state index >= 15 is 0 Å². The maximum Gasteiger partial charge on any atom is 0.414 e. The first-order chi connectivity index (χ1) is 15.6. The molecule has 0 saturated carbocycles. The molecule has 3 aromatic carbocycles. The third-order valence-electron chi connectivity index (χ3n) is 5.50. The van der Waals surface area contributed by atoms with Gasteiger partial charge in [0, 0.05) is 24.4 Å². The molecule has 1 atom stereocenters. The number of carboxylic acid groups (broad SMARTS) is 2. The number of carbonyl (C=O) groups excluding carboxylic acids is 1. The molecule has 1 unspecified atom stereocenters. The van der Waals surface area contributed by atoms with Gasteiger partial charge in [-0.05, 0) is 48.1 Å². The van der Waals surface area contributed by atoms with Crippen LogP contribution in [-0.2, 0) is 26.3 Å². The Hall–Kier alpha value is -3.42. The fraction of sp³-hybridized carbons (Fsp3) is 0.240. The predicted octanol–water partition coefficient (Wildman–Crippen LogP) is 4.21. The first kappa shape index (κ1) is 24.2. The van der Waals surface area contributed by atoms with Gasteiger partial charge in [0.2, 0.25) is 0 Å². The Balaban J connectivity index is 0.000000454. The van der Waals surface area contributed by atoms with Crippen LogP contribution in [0.25, 0.3) is 10.8 Å². The predicted molar refractivity (Wildman–Crippen MR) is 125 cm³/mol. The molecule has 33 heavy (non-hydrogen) atoms. The number of esters is 1. The van der Waals surface area contributed by atoms with E-state index in [0.29, 0.717) is 17.0 Å². The normalized spacial score (nSPS) is 17.0. The molecule has 1 heterocycles. The Kier molecular flexibility index (Phi) is 7.36.